The maximum absolute atomic E-state index is 12.8. The molecule has 2 N–H and O–H groups in total. The quantitative estimate of drug-likeness (QED) is 0.893. The zero-order valence-electron chi connectivity index (χ0n) is 13.9. The van der Waals surface area contributed by atoms with Gasteiger partial charge >= 0.3 is 0 Å². The number of benzene rings is 1. The zero-order valence-corrected chi connectivity index (χ0v) is 13.9. The standard InChI is InChI=1S/C18H22N2O4/c1-3-18(23)8-9-20(11-16(18)21)17(22)14-10-15(24-2)12-6-4-5-7-13(12)19-14/h4-7,10,16,21,23H,3,8-9,11H2,1-2H3/t16-,18-/m1/s1. The van der Waals surface area contributed by atoms with Gasteiger partial charge in [-0.05, 0) is 25.0 Å². The minimum absolute atomic E-state index is 0.0972. The fourth-order valence-corrected chi connectivity index (χ4v) is 3.15. The van der Waals surface area contributed by atoms with Crippen LogP contribution in [0.25, 0.3) is 10.9 Å². The van der Waals surface area contributed by atoms with Crippen molar-refractivity contribution in [3.63, 3.8) is 0 Å². The lowest BCUT2D eigenvalue weighted by Gasteiger charge is -2.41. The van der Waals surface area contributed by atoms with Crippen LogP contribution in [0.3, 0.4) is 0 Å². The van der Waals surface area contributed by atoms with Crippen LogP contribution in [-0.4, -0.2) is 57.9 Å². The molecule has 1 aromatic heterocycles. The van der Waals surface area contributed by atoms with Crippen molar-refractivity contribution in [2.24, 2.45) is 0 Å². The van der Waals surface area contributed by atoms with Crippen LogP contribution < -0.4 is 4.74 Å². The first-order valence-corrected chi connectivity index (χ1v) is 8.12. The van der Waals surface area contributed by atoms with Crippen LogP contribution in [0.2, 0.25) is 0 Å². The molecule has 0 aliphatic carbocycles. The normalized spacial score (nSPS) is 24.2. The summed E-state index contributed by atoms with van der Waals surface area (Å²) in [4.78, 5) is 18.7. The molecule has 1 fully saturated rings. The molecule has 2 heterocycles. The highest BCUT2D eigenvalue weighted by atomic mass is 16.5. The van der Waals surface area contributed by atoms with Gasteiger partial charge in [-0.2, -0.15) is 0 Å². The number of likely N-dealkylation sites (tertiary alicyclic amines) is 1. The topological polar surface area (TPSA) is 82.9 Å². The average molecular weight is 330 g/mol. The highest BCUT2D eigenvalue weighted by Crippen LogP contribution is 2.29. The van der Waals surface area contributed by atoms with E-state index in [1.54, 1.807) is 13.2 Å². The number of β-amino-alcohol motifs (C(OH)–C–C–N with tert-alkyl or cyclic N) is 1. The maximum Gasteiger partial charge on any atom is 0.272 e. The second kappa shape index (κ2) is 6.37. The number of aliphatic hydroxyl groups is 2. The Morgan fingerprint density at radius 3 is 2.88 bits per heavy atom. The van der Waals surface area contributed by atoms with E-state index in [0.717, 1.165) is 5.39 Å². The molecule has 128 valence electrons. The number of piperidine rings is 1. The van der Waals surface area contributed by atoms with Gasteiger partial charge in [-0.15, -0.1) is 0 Å². The summed E-state index contributed by atoms with van der Waals surface area (Å²) in [7, 11) is 1.56. The third-order valence-corrected chi connectivity index (χ3v) is 4.84. The highest BCUT2D eigenvalue weighted by Gasteiger charge is 2.40. The molecule has 1 aliphatic rings. The van der Waals surface area contributed by atoms with E-state index in [-0.39, 0.29) is 18.1 Å². The molecule has 0 saturated carbocycles. The van der Waals surface area contributed by atoms with Crippen LogP contribution in [0.15, 0.2) is 30.3 Å². The van der Waals surface area contributed by atoms with E-state index >= 15 is 0 Å². The molecule has 6 heteroatoms. The van der Waals surface area contributed by atoms with Crippen LogP contribution in [-0.2, 0) is 0 Å². The summed E-state index contributed by atoms with van der Waals surface area (Å²) in [5.41, 5.74) is -0.159. The van der Waals surface area contributed by atoms with Crippen LogP contribution in [0.4, 0.5) is 0 Å². The lowest BCUT2D eigenvalue weighted by atomic mass is 9.86. The Hall–Kier alpha value is -2.18. The van der Waals surface area contributed by atoms with E-state index in [1.165, 1.54) is 4.90 Å². The van der Waals surface area contributed by atoms with Crippen LogP contribution in [0, 0.1) is 0 Å². The molecule has 2 atom stereocenters. The summed E-state index contributed by atoms with van der Waals surface area (Å²) >= 11 is 0. The Balaban J connectivity index is 1.89. The summed E-state index contributed by atoms with van der Waals surface area (Å²) in [5, 5.41) is 21.3. The predicted octanol–water partition coefficient (Wildman–Crippen LogP) is 1.59. The number of carbonyl (C=O) groups excluding carboxylic acids is 1. The molecule has 1 amide bonds. The average Bonchev–Trinajstić information content (AvgIpc) is 2.62. The number of nitrogens with zero attached hydrogens (tertiary/aromatic N) is 2. The van der Waals surface area contributed by atoms with Crippen molar-refractivity contribution < 1.29 is 19.7 Å². The highest BCUT2D eigenvalue weighted by molar-refractivity contribution is 5.97. The van der Waals surface area contributed by atoms with Gasteiger partial charge in [0.25, 0.3) is 5.91 Å². The molecule has 0 spiro atoms. The van der Waals surface area contributed by atoms with Crippen molar-refractivity contribution in [1.29, 1.82) is 0 Å². The second-order valence-corrected chi connectivity index (χ2v) is 6.20. The van der Waals surface area contributed by atoms with Crippen molar-refractivity contribution in [3.8, 4) is 5.75 Å². The molecule has 1 aromatic carbocycles. The summed E-state index contributed by atoms with van der Waals surface area (Å²) in [6.45, 7) is 2.31. The number of amides is 1. The van der Waals surface area contributed by atoms with E-state index in [1.807, 2.05) is 31.2 Å². The Labute approximate surface area is 140 Å². The summed E-state index contributed by atoms with van der Waals surface area (Å²) < 4.78 is 5.38. The predicted molar refractivity (Wildman–Crippen MR) is 90.1 cm³/mol. The lowest BCUT2D eigenvalue weighted by molar-refractivity contribution is -0.114. The molecule has 6 nitrogen and oxygen atoms in total. The van der Waals surface area contributed by atoms with Crippen molar-refractivity contribution in [3.05, 3.63) is 36.0 Å². The van der Waals surface area contributed by atoms with Gasteiger partial charge < -0.3 is 19.8 Å². The number of aromatic nitrogens is 1. The Bertz CT molecular complexity index is 764. The molecule has 3 rings (SSSR count). The number of aliphatic hydroxyl groups excluding tert-OH is 1. The van der Waals surface area contributed by atoms with E-state index < -0.39 is 11.7 Å². The summed E-state index contributed by atoms with van der Waals surface area (Å²) in [5.74, 6) is 0.322. The van der Waals surface area contributed by atoms with Gasteiger partial charge in [-0.3, -0.25) is 4.79 Å². The molecule has 2 aromatic rings. The van der Waals surface area contributed by atoms with Gasteiger partial charge in [0, 0.05) is 24.5 Å². The summed E-state index contributed by atoms with van der Waals surface area (Å²) in [6.07, 6.45) is -0.151. The number of methoxy groups -OCH3 is 1. The van der Waals surface area contributed by atoms with Gasteiger partial charge in [-0.25, -0.2) is 4.98 Å². The van der Waals surface area contributed by atoms with E-state index in [2.05, 4.69) is 4.98 Å². The number of hydrogen-bond acceptors (Lipinski definition) is 5. The van der Waals surface area contributed by atoms with Gasteiger partial charge in [0.05, 0.1) is 18.2 Å². The maximum atomic E-state index is 12.8. The molecule has 1 aliphatic heterocycles. The number of carbonyl (C=O) groups is 1. The Morgan fingerprint density at radius 1 is 1.46 bits per heavy atom. The van der Waals surface area contributed by atoms with Crippen molar-refractivity contribution >= 4 is 16.8 Å². The molecule has 1 saturated heterocycles. The fourth-order valence-electron chi connectivity index (χ4n) is 3.15. The van der Waals surface area contributed by atoms with Crippen molar-refractivity contribution in [2.75, 3.05) is 20.2 Å². The van der Waals surface area contributed by atoms with Crippen LogP contribution in [0.5, 0.6) is 5.75 Å². The van der Waals surface area contributed by atoms with Gasteiger partial charge in [0.1, 0.15) is 17.5 Å². The monoisotopic (exact) mass is 330 g/mol. The summed E-state index contributed by atoms with van der Waals surface area (Å²) in [6, 6.07) is 9.09. The number of rotatable bonds is 3. The third kappa shape index (κ3) is 2.83. The van der Waals surface area contributed by atoms with E-state index in [0.29, 0.717) is 30.7 Å². The number of fused-ring (bicyclic) bond motifs is 1. The van der Waals surface area contributed by atoms with Crippen molar-refractivity contribution in [1.82, 2.24) is 9.88 Å². The SMILES string of the molecule is CC[C@@]1(O)CCN(C(=O)c2cc(OC)c3ccccc3n2)C[C@H]1O. The lowest BCUT2D eigenvalue weighted by Crippen LogP contribution is -2.56. The minimum Gasteiger partial charge on any atom is -0.496 e. The smallest absolute Gasteiger partial charge is 0.272 e. The first-order valence-electron chi connectivity index (χ1n) is 8.12. The Kier molecular flexibility index (Phi) is 4.43. The first kappa shape index (κ1) is 16.7. The molecule has 0 bridgehead atoms. The van der Waals surface area contributed by atoms with Gasteiger partial charge in [-0.1, -0.05) is 19.1 Å². The van der Waals surface area contributed by atoms with Crippen LogP contribution >= 0.6 is 0 Å². The number of hydrogen-bond donors (Lipinski definition) is 2. The van der Waals surface area contributed by atoms with E-state index in [4.69, 9.17) is 4.74 Å². The zero-order chi connectivity index (χ0) is 17.3. The molecule has 24 heavy (non-hydrogen) atoms. The minimum atomic E-state index is -1.12. The number of pyridine rings is 1. The molecule has 0 unspecified atom stereocenters. The number of ether oxygens (including phenoxy) is 1. The van der Waals surface area contributed by atoms with Gasteiger partial charge in [0.2, 0.25) is 0 Å². The largest absolute Gasteiger partial charge is 0.496 e. The molecule has 0 radical (unpaired) electrons. The third-order valence-electron chi connectivity index (χ3n) is 4.84. The first-order chi connectivity index (χ1) is 11.5. The van der Waals surface area contributed by atoms with Crippen LogP contribution in [0.1, 0.15) is 30.3 Å². The Morgan fingerprint density at radius 2 is 2.21 bits per heavy atom. The van der Waals surface area contributed by atoms with Gasteiger partial charge in [0.15, 0.2) is 0 Å². The fraction of sp³-hybridized carbons (Fsp3) is 0.444. The van der Waals surface area contributed by atoms with Crippen molar-refractivity contribution in [2.45, 2.75) is 31.5 Å². The molecular formula is C18H22N2O4. The number of para-hydroxylation sites is 1. The molecular weight excluding hydrogens is 308 g/mol. The van der Waals surface area contributed by atoms with E-state index in [9.17, 15) is 15.0 Å². The second-order valence-electron chi connectivity index (χ2n) is 6.20.